The molecule has 0 bridgehead atoms. The molecule has 1 fully saturated rings. The minimum atomic E-state index is -0.111. The monoisotopic (exact) mass is 773 g/mol. The Morgan fingerprint density at radius 1 is 0.894 bits per heavy atom. The predicted octanol–water partition coefficient (Wildman–Crippen LogP) is 5.66. The number of H-pyrrole nitrogens is 1. The number of anilines is 1. The van der Waals surface area contributed by atoms with E-state index in [4.69, 9.17) is 9.47 Å². The van der Waals surface area contributed by atoms with E-state index in [9.17, 15) is 9.59 Å². The van der Waals surface area contributed by atoms with E-state index < -0.39 is 0 Å². The highest BCUT2D eigenvalue weighted by molar-refractivity contribution is 7.17. The molecule has 9 heteroatoms. The fourth-order valence-corrected chi connectivity index (χ4v) is 7.43. The van der Waals surface area contributed by atoms with Crippen molar-refractivity contribution < 1.29 is 42.7 Å². The van der Waals surface area contributed by atoms with Crippen molar-refractivity contribution in [1.82, 2.24) is 4.98 Å². The van der Waals surface area contributed by atoms with Gasteiger partial charge in [0, 0.05) is 34.3 Å². The number of esters is 1. The lowest BCUT2D eigenvalue weighted by Gasteiger charge is -2.45. The second-order valence-electron chi connectivity index (χ2n) is 13.0. The van der Waals surface area contributed by atoms with Gasteiger partial charge >= 0.3 is 5.97 Å². The van der Waals surface area contributed by atoms with Crippen molar-refractivity contribution in [1.29, 1.82) is 0 Å². The molecule has 47 heavy (non-hydrogen) atoms. The van der Waals surface area contributed by atoms with Gasteiger partial charge in [-0.1, -0.05) is 64.4 Å². The van der Waals surface area contributed by atoms with Gasteiger partial charge in [-0.2, -0.15) is 0 Å². The molecular formula is C38H52IN3O4S. The first-order chi connectivity index (χ1) is 22.5. The number of halogens is 1. The number of thiophene rings is 1. The van der Waals surface area contributed by atoms with Gasteiger partial charge in [0.15, 0.2) is 0 Å². The second-order valence-corrected chi connectivity index (χ2v) is 13.9. The van der Waals surface area contributed by atoms with E-state index >= 15 is 0 Å². The maximum atomic E-state index is 12.8. The Bertz CT molecular complexity index is 1580. The summed E-state index contributed by atoms with van der Waals surface area (Å²) in [5.41, 5.74) is 1.98. The normalized spacial score (nSPS) is 14.3. The Labute approximate surface area is 301 Å². The number of carbonyl (C=O) groups excluding carboxylic acids is 1. The largest absolute Gasteiger partial charge is 1.00 e. The molecule has 0 amide bonds. The summed E-state index contributed by atoms with van der Waals surface area (Å²) in [6, 6.07) is 18.0. The predicted molar refractivity (Wildman–Crippen MR) is 191 cm³/mol. The Morgan fingerprint density at radius 2 is 1.64 bits per heavy atom. The van der Waals surface area contributed by atoms with Crippen molar-refractivity contribution in [2.45, 2.75) is 84.0 Å². The molecule has 0 saturated carbocycles. The third-order valence-electron chi connectivity index (χ3n) is 9.48. The first-order valence-corrected chi connectivity index (χ1v) is 18.4. The van der Waals surface area contributed by atoms with Crippen LogP contribution in [0.25, 0.3) is 21.0 Å². The number of aromatic nitrogens is 1. The SMILES string of the molecule is CCCCCCCCCCCC(=O)OC[N+]1(CCCCOc2ccc3ccc(=O)[nH]c3c2)CCN(c2cccc3sccc23)CC1.[I-]. The van der Waals surface area contributed by atoms with E-state index in [-0.39, 0.29) is 35.5 Å². The summed E-state index contributed by atoms with van der Waals surface area (Å²) >= 11 is 1.79. The van der Waals surface area contributed by atoms with Crippen LogP contribution in [0.4, 0.5) is 5.69 Å². The molecule has 2 aromatic carbocycles. The van der Waals surface area contributed by atoms with E-state index in [0.717, 1.165) is 79.5 Å². The van der Waals surface area contributed by atoms with Gasteiger partial charge in [0.05, 0.1) is 44.8 Å². The number of benzene rings is 2. The number of hydrogen-bond acceptors (Lipinski definition) is 6. The van der Waals surface area contributed by atoms with E-state index in [2.05, 4.69) is 46.5 Å². The molecule has 1 N–H and O–H groups in total. The highest BCUT2D eigenvalue weighted by Crippen LogP contribution is 2.32. The minimum absolute atomic E-state index is 0. The van der Waals surface area contributed by atoms with Crippen LogP contribution < -0.4 is 39.2 Å². The summed E-state index contributed by atoms with van der Waals surface area (Å²) in [6.45, 7) is 8.04. The smallest absolute Gasteiger partial charge is 0.310 e. The quantitative estimate of drug-likeness (QED) is 0.0577. The minimum Gasteiger partial charge on any atom is -1.00 e. The summed E-state index contributed by atoms with van der Waals surface area (Å²) in [5, 5.41) is 4.49. The van der Waals surface area contributed by atoms with Gasteiger partial charge in [-0.25, -0.2) is 0 Å². The molecule has 0 radical (unpaired) electrons. The number of quaternary nitrogens is 1. The maximum absolute atomic E-state index is 12.8. The summed E-state index contributed by atoms with van der Waals surface area (Å²) < 4.78 is 14.2. The van der Waals surface area contributed by atoms with Crippen LogP contribution in [-0.4, -0.2) is 61.5 Å². The second kappa shape index (κ2) is 19.4. The van der Waals surface area contributed by atoms with Crippen molar-refractivity contribution in [3.8, 4) is 5.75 Å². The Kier molecular flexibility index (Phi) is 15.3. The standard InChI is InChI=1S/C38H51N3O4S.HI/c1-2-3-4-5-6-7-8-9-10-16-38(43)45-30-41(25-22-40(23-26-41)35-14-13-15-36-33(35)21-28-46-36)24-11-12-27-44-32-19-17-31-18-20-37(42)39-34(31)29-32;/h13-15,17-21,28-29H,2-12,16,22-27,30H2,1H3;1H. The first kappa shape index (κ1) is 37.2. The van der Waals surface area contributed by atoms with Gasteiger partial charge in [0.1, 0.15) is 5.75 Å². The average Bonchev–Trinajstić information content (AvgIpc) is 3.56. The topological polar surface area (TPSA) is 71.6 Å². The van der Waals surface area contributed by atoms with E-state index in [1.54, 1.807) is 17.4 Å². The molecular weight excluding hydrogens is 721 g/mol. The van der Waals surface area contributed by atoms with Crippen LogP contribution in [0.2, 0.25) is 0 Å². The summed E-state index contributed by atoms with van der Waals surface area (Å²) in [5.74, 6) is 0.712. The third kappa shape index (κ3) is 11.2. The van der Waals surface area contributed by atoms with Crippen LogP contribution in [-0.2, 0) is 9.53 Å². The number of unbranched alkanes of at least 4 members (excludes halogenated alkanes) is 9. The van der Waals surface area contributed by atoms with Crippen molar-refractivity contribution in [2.75, 3.05) is 51.0 Å². The van der Waals surface area contributed by atoms with Crippen molar-refractivity contribution in [3.63, 3.8) is 0 Å². The highest BCUT2D eigenvalue weighted by atomic mass is 127. The number of rotatable bonds is 19. The molecule has 1 aliphatic heterocycles. The number of piperazine rings is 1. The number of ether oxygens (including phenoxy) is 2. The number of hydrogen-bond donors (Lipinski definition) is 1. The number of carbonyl (C=O) groups is 1. The number of nitrogens with zero attached hydrogens (tertiary/aromatic N) is 2. The summed E-state index contributed by atoms with van der Waals surface area (Å²) in [4.78, 5) is 29.9. The van der Waals surface area contributed by atoms with Crippen molar-refractivity contribution >= 4 is 44.0 Å². The number of pyridine rings is 1. The van der Waals surface area contributed by atoms with Crippen LogP contribution in [0.3, 0.4) is 0 Å². The van der Waals surface area contributed by atoms with Gasteiger partial charge in [-0.3, -0.25) is 14.1 Å². The average molecular weight is 774 g/mol. The molecule has 1 aliphatic rings. The summed E-state index contributed by atoms with van der Waals surface area (Å²) in [6.07, 6.45) is 13.6. The number of fused-ring (bicyclic) bond motifs is 2. The highest BCUT2D eigenvalue weighted by Gasteiger charge is 2.34. The molecule has 7 nitrogen and oxygen atoms in total. The lowest BCUT2D eigenvalue weighted by molar-refractivity contribution is -0.944. The molecule has 5 rings (SSSR count). The number of aromatic amines is 1. The van der Waals surface area contributed by atoms with Crippen molar-refractivity contribution in [2.24, 2.45) is 0 Å². The van der Waals surface area contributed by atoms with Crippen LogP contribution in [0.15, 0.2) is 64.8 Å². The van der Waals surface area contributed by atoms with E-state index in [1.807, 2.05) is 24.3 Å². The molecule has 0 atom stereocenters. The fraction of sp³-hybridized carbons (Fsp3) is 0.526. The first-order valence-electron chi connectivity index (χ1n) is 17.5. The van der Waals surface area contributed by atoms with Gasteiger partial charge in [-0.15, -0.1) is 11.3 Å². The van der Waals surface area contributed by atoms with Crippen LogP contribution in [0.1, 0.15) is 84.0 Å². The zero-order valence-electron chi connectivity index (χ0n) is 28.0. The molecule has 0 spiro atoms. The zero-order chi connectivity index (χ0) is 32.0. The molecule has 3 heterocycles. The van der Waals surface area contributed by atoms with Crippen LogP contribution >= 0.6 is 11.3 Å². The lowest BCUT2D eigenvalue weighted by atomic mass is 10.1. The Balaban J connectivity index is 0.00000500. The molecule has 1 saturated heterocycles. The van der Waals surface area contributed by atoms with Gasteiger partial charge in [0.25, 0.3) is 0 Å². The van der Waals surface area contributed by atoms with Crippen molar-refractivity contribution in [3.05, 3.63) is 70.3 Å². The van der Waals surface area contributed by atoms with Gasteiger partial charge < -0.3 is 43.3 Å². The van der Waals surface area contributed by atoms with Crippen LogP contribution in [0, 0.1) is 0 Å². The van der Waals surface area contributed by atoms with Crippen LogP contribution in [0.5, 0.6) is 5.75 Å². The molecule has 0 unspecified atom stereocenters. The maximum Gasteiger partial charge on any atom is 0.310 e. The molecule has 256 valence electrons. The fourth-order valence-electron chi connectivity index (χ4n) is 6.62. The third-order valence-corrected chi connectivity index (χ3v) is 10.4. The van der Waals surface area contributed by atoms with Gasteiger partial charge in [-0.05, 0) is 66.4 Å². The molecule has 2 aromatic heterocycles. The zero-order valence-corrected chi connectivity index (χ0v) is 31.0. The molecule has 0 aliphatic carbocycles. The summed E-state index contributed by atoms with van der Waals surface area (Å²) in [7, 11) is 0. The Morgan fingerprint density at radius 3 is 2.43 bits per heavy atom. The Hall–Kier alpha value is -2.63. The number of nitrogens with one attached hydrogen (secondary N) is 1. The lowest BCUT2D eigenvalue weighted by Crippen LogP contribution is -3.00. The van der Waals surface area contributed by atoms with E-state index in [1.165, 1.54) is 60.7 Å². The molecule has 4 aromatic rings. The van der Waals surface area contributed by atoms with E-state index in [0.29, 0.717) is 19.8 Å². The van der Waals surface area contributed by atoms with Gasteiger partial charge in [0.2, 0.25) is 12.3 Å².